The second kappa shape index (κ2) is 7.69. The molecule has 28 heavy (non-hydrogen) atoms. The monoisotopic (exact) mass is 379 g/mol. The van der Waals surface area contributed by atoms with E-state index in [-0.39, 0.29) is 12.5 Å². The Bertz CT molecular complexity index is 1100. The molecule has 0 atom stereocenters. The third-order valence-corrected chi connectivity index (χ3v) is 4.47. The minimum absolute atomic E-state index is 0.205. The van der Waals surface area contributed by atoms with Gasteiger partial charge in [0.15, 0.2) is 5.58 Å². The van der Waals surface area contributed by atoms with Crippen LogP contribution in [0.2, 0.25) is 0 Å². The van der Waals surface area contributed by atoms with Crippen LogP contribution in [0.1, 0.15) is 16.2 Å². The van der Waals surface area contributed by atoms with Crippen molar-refractivity contribution >= 4 is 34.0 Å². The largest absolute Gasteiger partial charge is 0.439 e. The summed E-state index contributed by atoms with van der Waals surface area (Å²) in [6.07, 6.45) is 0. The number of hydrogen-bond acceptors (Lipinski definition) is 6. The van der Waals surface area contributed by atoms with E-state index in [4.69, 9.17) is 9.15 Å². The standard InChI is InChI=1S/C20H21N5O3/c1-25-16-8-7-13(11-15(16)24-20(25)21-9-10-27-2)19(26)22-12-18-23-14-5-3-4-6-17(14)28-18/h3-8,11H,9-10,12H2,1-2H3,(H,21,24)(H,22,26). The first-order valence-electron chi connectivity index (χ1n) is 8.97. The molecule has 2 aromatic carbocycles. The molecule has 0 saturated carbocycles. The molecule has 0 aliphatic heterocycles. The average Bonchev–Trinajstić information content (AvgIpc) is 3.27. The maximum absolute atomic E-state index is 12.5. The number of rotatable bonds is 7. The Morgan fingerprint density at radius 3 is 2.86 bits per heavy atom. The molecule has 0 aliphatic rings. The van der Waals surface area contributed by atoms with E-state index in [2.05, 4.69) is 20.6 Å². The summed E-state index contributed by atoms with van der Waals surface area (Å²) < 4.78 is 12.6. The van der Waals surface area contributed by atoms with Crippen LogP contribution in [-0.4, -0.2) is 40.7 Å². The highest BCUT2D eigenvalue weighted by Gasteiger charge is 2.13. The number of oxazole rings is 1. The van der Waals surface area contributed by atoms with E-state index in [9.17, 15) is 4.79 Å². The minimum Gasteiger partial charge on any atom is -0.439 e. The van der Waals surface area contributed by atoms with E-state index in [1.807, 2.05) is 41.9 Å². The van der Waals surface area contributed by atoms with Crippen LogP contribution in [0.25, 0.3) is 22.1 Å². The van der Waals surface area contributed by atoms with E-state index in [1.165, 1.54) is 0 Å². The van der Waals surface area contributed by atoms with Crippen molar-refractivity contribution in [2.45, 2.75) is 6.54 Å². The molecule has 0 fully saturated rings. The van der Waals surface area contributed by atoms with Gasteiger partial charge >= 0.3 is 0 Å². The predicted molar refractivity (Wildman–Crippen MR) is 106 cm³/mol. The quantitative estimate of drug-likeness (QED) is 0.480. The molecule has 8 heteroatoms. The van der Waals surface area contributed by atoms with Gasteiger partial charge in [-0.05, 0) is 30.3 Å². The third kappa shape index (κ3) is 3.54. The van der Waals surface area contributed by atoms with Gasteiger partial charge in [-0.1, -0.05) is 12.1 Å². The molecule has 2 N–H and O–H groups in total. The van der Waals surface area contributed by atoms with E-state index < -0.39 is 0 Å². The topological polar surface area (TPSA) is 94.2 Å². The number of fused-ring (bicyclic) bond motifs is 2. The first-order chi connectivity index (χ1) is 13.7. The van der Waals surface area contributed by atoms with Crippen molar-refractivity contribution in [1.29, 1.82) is 0 Å². The number of nitrogens with zero attached hydrogens (tertiary/aromatic N) is 3. The number of anilines is 1. The summed E-state index contributed by atoms with van der Waals surface area (Å²) in [5, 5.41) is 6.06. The Balaban J connectivity index is 1.47. The first-order valence-corrected chi connectivity index (χ1v) is 8.97. The Hall–Kier alpha value is -3.39. The van der Waals surface area contributed by atoms with Gasteiger partial charge in [-0.3, -0.25) is 4.79 Å². The third-order valence-electron chi connectivity index (χ3n) is 4.47. The van der Waals surface area contributed by atoms with Crippen molar-refractivity contribution in [2.24, 2.45) is 7.05 Å². The van der Waals surface area contributed by atoms with Crippen molar-refractivity contribution in [3.63, 3.8) is 0 Å². The predicted octanol–water partition coefficient (Wildman–Crippen LogP) is 2.70. The molecule has 0 saturated heterocycles. The number of aromatic nitrogens is 3. The molecular formula is C20H21N5O3. The summed E-state index contributed by atoms with van der Waals surface area (Å²) in [6, 6.07) is 12.9. The van der Waals surface area contributed by atoms with Crippen LogP contribution in [0.3, 0.4) is 0 Å². The average molecular weight is 379 g/mol. The minimum atomic E-state index is -0.205. The first kappa shape index (κ1) is 18.0. The van der Waals surface area contributed by atoms with Crippen LogP contribution in [0.5, 0.6) is 0 Å². The number of ether oxygens (including phenoxy) is 1. The fraction of sp³-hybridized carbons (Fsp3) is 0.250. The molecule has 0 radical (unpaired) electrons. The number of carbonyl (C=O) groups excluding carboxylic acids is 1. The van der Waals surface area contributed by atoms with Crippen LogP contribution >= 0.6 is 0 Å². The number of benzene rings is 2. The van der Waals surface area contributed by atoms with Gasteiger partial charge in [0.05, 0.1) is 24.2 Å². The summed E-state index contributed by atoms with van der Waals surface area (Å²) in [5.74, 6) is 0.998. The molecule has 4 rings (SSSR count). The van der Waals surface area contributed by atoms with E-state index >= 15 is 0 Å². The molecule has 2 aromatic heterocycles. The Morgan fingerprint density at radius 2 is 2.04 bits per heavy atom. The molecule has 4 aromatic rings. The van der Waals surface area contributed by atoms with Crippen molar-refractivity contribution in [1.82, 2.24) is 19.9 Å². The molecule has 0 aliphatic carbocycles. The van der Waals surface area contributed by atoms with Gasteiger partial charge < -0.3 is 24.4 Å². The molecule has 8 nitrogen and oxygen atoms in total. The van der Waals surface area contributed by atoms with Crippen molar-refractivity contribution in [3.05, 3.63) is 53.9 Å². The summed E-state index contributed by atoms with van der Waals surface area (Å²) in [6.45, 7) is 1.47. The maximum atomic E-state index is 12.5. The van der Waals surface area contributed by atoms with Gasteiger partial charge in [0.1, 0.15) is 5.52 Å². The lowest BCUT2D eigenvalue weighted by Gasteiger charge is -2.05. The Morgan fingerprint density at radius 1 is 1.18 bits per heavy atom. The second-order valence-corrected chi connectivity index (χ2v) is 6.38. The number of imidazole rings is 1. The van der Waals surface area contributed by atoms with Gasteiger partial charge in [0.2, 0.25) is 11.8 Å². The Kier molecular flexibility index (Phi) is 4.94. The smallest absolute Gasteiger partial charge is 0.251 e. The number of para-hydroxylation sites is 2. The van der Waals surface area contributed by atoms with Gasteiger partial charge in [0, 0.05) is 26.3 Å². The van der Waals surface area contributed by atoms with Gasteiger partial charge in [-0.15, -0.1) is 0 Å². The van der Waals surface area contributed by atoms with Gasteiger partial charge in [0.25, 0.3) is 5.91 Å². The van der Waals surface area contributed by atoms with E-state index in [1.54, 1.807) is 19.2 Å². The molecule has 144 valence electrons. The van der Waals surface area contributed by atoms with Crippen LogP contribution < -0.4 is 10.6 Å². The number of methoxy groups -OCH3 is 1. The van der Waals surface area contributed by atoms with E-state index in [0.717, 1.165) is 22.5 Å². The molecule has 1 amide bonds. The molecule has 0 spiro atoms. The Labute approximate surface area is 161 Å². The number of amides is 1. The van der Waals surface area contributed by atoms with Gasteiger partial charge in [-0.25, -0.2) is 9.97 Å². The summed E-state index contributed by atoms with van der Waals surface area (Å²) in [4.78, 5) is 21.5. The zero-order chi connectivity index (χ0) is 19.5. The number of carbonyl (C=O) groups is 1. The van der Waals surface area contributed by atoms with Crippen LogP contribution in [0.4, 0.5) is 5.95 Å². The lowest BCUT2D eigenvalue weighted by atomic mass is 10.2. The SMILES string of the molecule is COCCNc1nc2cc(C(=O)NCc3nc4ccccc4o3)ccc2n1C. The normalized spacial score (nSPS) is 11.2. The molecular weight excluding hydrogens is 358 g/mol. The number of hydrogen-bond donors (Lipinski definition) is 2. The molecule has 0 bridgehead atoms. The number of aryl methyl sites for hydroxylation is 1. The zero-order valence-electron chi connectivity index (χ0n) is 15.7. The second-order valence-electron chi connectivity index (χ2n) is 6.38. The fourth-order valence-corrected chi connectivity index (χ4v) is 3.02. The van der Waals surface area contributed by atoms with Crippen LogP contribution in [0.15, 0.2) is 46.9 Å². The van der Waals surface area contributed by atoms with E-state index in [0.29, 0.717) is 30.2 Å². The zero-order valence-corrected chi connectivity index (χ0v) is 15.7. The maximum Gasteiger partial charge on any atom is 0.251 e. The van der Waals surface area contributed by atoms with Crippen molar-refractivity contribution in [3.8, 4) is 0 Å². The van der Waals surface area contributed by atoms with Crippen molar-refractivity contribution < 1.29 is 13.9 Å². The van der Waals surface area contributed by atoms with Crippen LogP contribution in [-0.2, 0) is 18.3 Å². The number of nitrogens with one attached hydrogen (secondary N) is 2. The fourth-order valence-electron chi connectivity index (χ4n) is 3.02. The lowest BCUT2D eigenvalue weighted by molar-refractivity contribution is 0.0947. The van der Waals surface area contributed by atoms with Gasteiger partial charge in [-0.2, -0.15) is 0 Å². The highest BCUT2D eigenvalue weighted by atomic mass is 16.5. The van der Waals surface area contributed by atoms with Crippen molar-refractivity contribution in [2.75, 3.05) is 25.6 Å². The lowest BCUT2D eigenvalue weighted by Crippen LogP contribution is -2.22. The molecule has 0 unspecified atom stereocenters. The summed E-state index contributed by atoms with van der Waals surface area (Å²) >= 11 is 0. The highest BCUT2D eigenvalue weighted by molar-refractivity contribution is 5.97. The highest BCUT2D eigenvalue weighted by Crippen LogP contribution is 2.20. The van der Waals surface area contributed by atoms with Crippen LogP contribution in [0, 0.1) is 0 Å². The molecule has 2 heterocycles. The summed E-state index contributed by atoms with van der Waals surface area (Å²) in [7, 11) is 3.58. The summed E-state index contributed by atoms with van der Waals surface area (Å²) in [5.41, 5.74) is 3.70.